The Bertz CT molecular complexity index is 255. The van der Waals surface area contributed by atoms with Crippen molar-refractivity contribution in [3.63, 3.8) is 0 Å². The molecule has 0 aromatic carbocycles. The largest absolute Gasteiger partial charge is 0.468 e. The topological polar surface area (TPSA) is 42.4 Å². The van der Waals surface area contributed by atoms with Crippen molar-refractivity contribution >= 4 is 0 Å². The first-order chi connectivity index (χ1) is 7.24. The summed E-state index contributed by atoms with van der Waals surface area (Å²) < 4.78 is 5.43. The Morgan fingerprint density at radius 1 is 1.40 bits per heavy atom. The lowest BCUT2D eigenvalue weighted by Gasteiger charge is -2.32. The van der Waals surface area contributed by atoms with Gasteiger partial charge in [-0.15, -0.1) is 0 Å². The third-order valence-electron chi connectivity index (χ3n) is 3.10. The maximum atomic E-state index is 5.81. The molecule has 15 heavy (non-hydrogen) atoms. The van der Waals surface area contributed by atoms with Gasteiger partial charge in [0.15, 0.2) is 0 Å². The summed E-state index contributed by atoms with van der Waals surface area (Å²) in [6.07, 6.45) is 3.99. The Morgan fingerprint density at radius 2 is 2.07 bits per heavy atom. The molecule has 0 saturated carbocycles. The first-order valence-electron chi connectivity index (χ1n) is 5.69. The van der Waals surface area contributed by atoms with Gasteiger partial charge in [0.2, 0.25) is 0 Å². The van der Waals surface area contributed by atoms with Crippen LogP contribution < -0.4 is 5.73 Å². The molecule has 0 amide bonds. The average molecular weight is 210 g/mol. The molecule has 1 unspecified atom stereocenters. The molecule has 0 bridgehead atoms. The van der Waals surface area contributed by atoms with Gasteiger partial charge >= 0.3 is 0 Å². The van der Waals surface area contributed by atoms with Gasteiger partial charge in [-0.2, -0.15) is 0 Å². The standard InChI is InChI=1S/C12H22N2O/c1-4-10(5-2)14(3)11(9-13)12-7-6-8-15-12/h6-8,10-11H,4-5,9,13H2,1-3H3. The van der Waals surface area contributed by atoms with Crippen LogP contribution in [-0.4, -0.2) is 24.5 Å². The fourth-order valence-electron chi connectivity index (χ4n) is 2.08. The van der Waals surface area contributed by atoms with Crippen molar-refractivity contribution in [1.82, 2.24) is 4.90 Å². The second-order valence-corrected chi connectivity index (χ2v) is 3.90. The Hall–Kier alpha value is -0.800. The summed E-state index contributed by atoms with van der Waals surface area (Å²) >= 11 is 0. The highest BCUT2D eigenvalue weighted by atomic mass is 16.3. The molecule has 0 radical (unpaired) electrons. The maximum Gasteiger partial charge on any atom is 0.122 e. The Balaban J connectivity index is 2.74. The summed E-state index contributed by atoms with van der Waals surface area (Å²) in [7, 11) is 2.12. The molecule has 1 atom stereocenters. The quantitative estimate of drug-likeness (QED) is 0.784. The molecule has 0 saturated heterocycles. The number of nitrogens with two attached hydrogens (primary N) is 1. The molecule has 0 spiro atoms. The van der Waals surface area contributed by atoms with E-state index < -0.39 is 0 Å². The molecule has 3 heteroatoms. The molecule has 0 fully saturated rings. The van der Waals surface area contributed by atoms with Crippen molar-refractivity contribution in [3.05, 3.63) is 24.2 Å². The maximum absolute atomic E-state index is 5.81. The van der Waals surface area contributed by atoms with E-state index in [4.69, 9.17) is 10.2 Å². The summed E-state index contributed by atoms with van der Waals surface area (Å²) in [6, 6.07) is 4.68. The van der Waals surface area contributed by atoms with Crippen molar-refractivity contribution in [2.45, 2.75) is 38.8 Å². The van der Waals surface area contributed by atoms with Crippen molar-refractivity contribution in [2.75, 3.05) is 13.6 Å². The SMILES string of the molecule is CCC(CC)N(C)C(CN)c1ccco1. The number of nitrogens with zero attached hydrogens (tertiary/aromatic N) is 1. The van der Waals surface area contributed by atoms with E-state index in [-0.39, 0.29) is 6.04 Å². The van der Waals surface area contributed by atoms with Crippen LogP contribution in [-0.2, 0) is 0 Å². The molecule has 2 N–H and O–H groups in total. The van der Waals surface area contributed by atoms with Crippen molar-refractivity contribution < 1.29 is 4.42 Å². The molecule has 0 aliphatic rings. The minimum atomic E-state index is 0.199. The second kappa shape index (κ2) is 5.93. The van der Waals surface area contributed by atoms with E-state index >= 15 is 0 Å². The van der Waals surface area contributed by atoms with Crippen LogP contribution in [0.2, 0.25) is 0 Å². The van der Waals surface area contributed by atoms with E-state index in [1.807, 2.05) is 12.1 Å². The zero-order chi connectivity index (χ0) is 11.3. The third kappa shape index (κ3) is 2.83. The lowest BCUT2D eigenvalue weighted by atomic mass is 10.1. The van der Waals surface area contributed by atoms with Crippen LogP contribution in [0.15, 0.2) is 22.8 Å². The van der Waals surface area contributed by atoms with Gasteiger partial charge in [0.05, 0.1) is 12.3 Å². The van der Waals surface area contributed by atoms with Gasteiger partial charge in [-0.1, -0.05) is 13.8 Å². The predicted octanol–water partition coefficient (Wildman–Crippen LogP) is 2.40. The van der Waals surface area contributed by atoms with Crippen LogP contribution >= 0.6 is 0 Å². The molecule has 1 aromatic heterocycles. The number of hydrogen-bond acceptors (Lipinski definition) is 3. The van der Waals surface area contributed by atoms with Gasteiger partial charge in [0.25, 0.3) is 0 Å². The van der Waals surface area contributed by atoms with Gasteiger partial charge in [-0.05, 0) is 32.0 Å². The average Bonchev–Trinajstić information content (AvgIpc) is 2.74. The Morgan fingerprint density at radius 3 is 2.47 bits per heavy atom. The van der Waals surface area contributed by atoms with Crippen LogP contribution in [0, 0.1) is 0 Å². The zero-order valence-corrected chi connectivity index (χ0v) is 9.94. The monoisotopic (exact) mass is 210 g/mol. The lowest BCUT2D eigenvalue weighted by Crippen LogP contribution is -2.37. The number of hydrogen-bond donors (Lipinski definition) is 1. The van der Waals surface area contributed by atoms with E-state index in [0.717, 1.165) is 18.6 Å². The molecule has 86 valence electrons. The van der Waals surface area contributed by atoms with E-state index in [2.05, 4.69) is 25.8 Å². The van der Waals surface area contributed by atoms with Gasteiger partial charge in [0.1, 0.15) is 5.76 Å². The van der Waals surface area contributed by atoms with E-state index in [0.29, 0.717) is 12.6 Å². The number of likely N-dealkylation sites (N-methyl/N-ethyl adjacent to an activating group) is 1. The van der Waals surface area contributed by atoms with E-state index in [1.54, 1.807) is 6.26 Å². The van der Waals surface area contributed by atoms with Crippen LogP contribution in [0.3, 0.4) is 0 Å². The summed E-state index contributed by atoms with van der Waals surface area (Å²) in [5.74, 6) is 0.965. The minimum Gasteiger partial charge on any atom is -0.468 e. The van der Waals surface area contributed by atoms with Crippen molar-refractivity contribution in [2.24, 2.45) is 5.73 Å². The zero-order valence-electron chi connectivity index (χ0n) is 9.94. The highest BCUT2D eigenvalue weighted by molar-refractivity contribution is 5.05. The molecular weight excluding hydrogens is 188 g/mol. The fourth-order valence-corrected chi connectivity index (χ4v) is 2.08. The summed E-state index contributed by atoms with van der Waals surface area (Å²) in [6.45, 7) is 5.02. The van der Waals surface area contributed by atoms with E-state index in [1.165, 1.54) is 0 Å². The molecule has 1 rings (SSSR count). The summed E-state index contributed by atoms with van der Waals surface area (Å²) in [5.41, 5.74) is 5.81. The van der Waals surface area contributed by atoms with Crippen LogP contribution in [0.4, 0.5) is 0 Å². The molecule has 0 aliphatic heterocycles. The van der Waals surface area contributed by atoms with Crippen LogP contribution in [0.25, 0.3) is 0 Å². The fraction of sp³-hybridized carbons (Fsp3) is 0.667. The lowest BCUT2D eigenvalue weighted by molar-refractivity contribution is 0.150. The molecule has 1 heterocycles. The molecule has 0 aliphatic carbocycles. The highest BCUT2D eigenvalue weighted by Crippen LogP contribution is 2.22. The smallest absolute Gasteiger partial charge is 0.122 e. The van der Waals surface area contributed by atoms with E-state index in [9.17, 15) is 0 Å². The predicted molar refractivity (Wildman–Crippen MR) is 62.6 cm³/mol. The Labute approximate surface area is 92.2 Å². The molecular formula is C12H22N2O. The number of rotatable bonds is 6. The van der Waals surface area contributed by atoms with Crippen molar-refractivity contribution in [1.29, 1.82) is 0 Å². The first kappa shape index (κ1) is 12.3. The van der Waals surface area contributed by atoms with Gasteiger partial charge in [-0.25, -0.2) is 0 Å². The Kier molecular flexibility index (Phi) is 4.85. The summed E-state index contributed by atoms with van der Waals surface area (Å²) in [5, 5.41) is 0. The second-order valence-electron chi connectivity index (χ2n) is 3.90. The normalized spacial score (nSPS) is 13.7. The summed E-state index contributed by atoms with van der Waals surface area (Å²) in [4.78, 5) is 2.32. The molecule has 3 nitrogen and oxygen atoms in total. The third-order valence-corrected chi connectivity index (χ3v) is 3.10. The number of furan rings is 1. The molecule has 1 aromatic rings. The van der Waals surface area contributed by atoms with Gasteiger partial charge in [0, 0.05) is 12.6 Å². The van der Waals surface area contributed by atoms with Gasteiger partial charge < -0.3 is 10.2 Å². The van der Waals surface area contributed by atoms with Crippen LogP contribution in [0.5, 0.6) is 0 Å². The highest BCUT2D eigenvalue weighted by Gasteiger charge is 2.22. The van der Waals surface area contributed by atoms with Gasteiger partial charge in [-0.3, -0.25) is 4.90 Å². The first-order valence-corrected chi connectivity index (χ1v) is 5.69. The van der Waals surface area contributed by atoms with Crippen molar-refractivity contribution in [3.8, 4) is 0 Å². The van der Waals surface area contributed by atoms with Crippen LogP contribution in [0.1, 0.15) is 38.5 Å². The minimum absolute atomic E-state index is 0.199.